The molecule has 1 saturated heterocycles. The highest BCUT2D eigenvalue weighted by molar-refractivity contribution is 4.80. The van der Waals surface area contributed by atoms with E-state index < -0.39 is 12.7 Å². The van der Waals surface area contributed by atoms with Gasteiger partial charge in [0.2, 0.25) is 0 Å². The van der Waals surface area contributed by atoms with E-state index in [0.717, 1.165) is 0 Å². The number of halogens is 3. The number of aliphatic hydroxyl groups is 1. The largest absolute Gasteiger partial charge is 0.401 e. The molecule has 4 nitrogen and oxygen atoms in total. The van der Waals surface area contributed by atoms with Gasteiger partial charge in [0, 0.05) is 31.7 Å². The van der Waals surface area contributed by atoms with Gasteiger partial charge in [0.25, 0.3) is 0 Å². The third kappa shape index (κ3) is 5.67. The van der Waals surface area contributed by atoms with Crippen molar-refractivity contribution in [1.82, 2.24) is 4.90 Å². The molecule has 1 fully saturated rings. The zero-order chi connectivity index (χ0) is 12.9. The lowest BCUT2D eigenvalue weighted by Crippen LogP contribution is -2.47. The molecule has 2 atom stereocenters. The van der Waals surface area contributed by atoms with Crippen LogP contribution in [0.5, 0.6) is 0 Å². The van der Waals surface area contributed by atoms with Gasteiger partial charge in [0.1, 0.15) is 0 Å². The molecule has 0 radical (unpaired) electrons. The van der Waals surface area contributed by atoms with Crippen LogP contribution >= 0.6 is 0 Å². The second-order valence-corrected chi connectivity index (χ2v) is 4.36. The van der Waals surface area contributed by atoms with Crippen LogP contribution in [0.3, 0.4) is 0 Å². The van der Waals surface area contributed by atoms with Crippen molar-refractivity contribution in [2.45, 2.75) is 18.6 Å². The third-order valence-corrected chi connectivity index (χ3v) is 2.84. The van der Waals surface area contributed by atoms with Crippen LogP contribution in [0.2, 0.25) is 0 Å². The van der Waals surface area contributed by atoms with Crippen LogP contribution in [-0.4, -0.2) is 61.7 Å². The second-order valence-electron chi connectivity index (χ2n) is 4.36. The molecule has 0 spiro atoms. The van der Waals surface area contributed by atoms with Crippen LogP contribution < -0.4 is 5.73 Å². The fraction of sp³-hybridized carbons (Fsp3) is 1.00. The number of hydrogen-bond donors (Lipinski definition) is 2. The molecule has 1 rings (SSSR count). The molecule has 0 amide bonds. The molecule has 1 heterocycles. The van der Waals surface area contributed by atoms with E-state index in [4.69, 9.17) is 15.6 Å². The van der Waals surface area contributed by atoms with Crippen molar-refractivity contribution in [1.29, 1.82) is 0 Å². The number of nitrogens with two attached hydrogens (primary N) is 1. The van der Waals surface area contributed by atoms with E-state index in [1.165, 1.54) is 4.90 Å². The predicted molar refractivity (Wildman–Crippen MR) is 56.5 cm³/mol. The number of rotatable bonds is 5. The normalized spacial score (nSPS) is 26.5. The summed E-state index contributed by atoms with van der Waals surface area (Å²) in [5, 5.41) is 8.76. The van der Waals surface area contributed by atoms with Crippen molar-refractivity contribution in [3.63, 3.8) is 0 Å². The van der Waals surface area contributed by atoms with Crippen molar-refractivity contribution in [2.24, 2.45) is 11.7 Å². The third-order valence-electron chi connectivity index (χ3n) is 2.84. The van der Waals surface area contributed by atoms with Gasteiger partial charge < -0.3 is 15.6 Å². The fourth-order valence-electron chi connectivity index (χ4n) is 1.96. The van der Waals surface area contributed by atoms with Crippen molar-refractivity contribution in [3.05, 3.63) is 0 Å². The smallest absolute Gasteiger partial charge is 0.395 e. The highest BCUT2D eigenvalue weighted by Crippen LogP contribution is 2.19. The Morgan fingerprint density at radius 2 is 2.12 bits per heavy atom. The molecule has 0 bridgehead atoms. The van der Waals surface area contributed by atoms with Gasteiger partial charge in [0.05, 0.1) is 19.8 Å². The lowest BCUT2D eigenvalue weighted by molar-refractivity contribution is -0.149. The van der Waals surface area contributed by atoms with Gasteiger partial charge in [-0.2, -0.15) is 13.2 Å². The Labute approximate surface area is 98.5 Å². The summed E-state index contributed by atoms with van der Waals surface area (Å²) in [6, 6.07) is -0.127. The van der Waals surface area contributed by atoms with E-state index in [1.54, 1.807) is 0 Å². The van der Waals surface area contributed by atoms with Crippen molar-refractivity contribution in [2.75, 3.05) is 39.5 Å². The summed E-state index contributed by atoms with van der Waals surface area (Å²) in [6.45, 7) is -0.141. The zero-order valence-corrected chi connectivity index (χ0v) is 9.62. The van der Waals surface area contributed by atoms with Crippen LogP contribution in [0.1, 0.15) is 6.42 Å². The first-order chi connectivity index (χ1) is 7.92. The minimum Gasteiger partial charge on any atom is -0.395 e. The monoisotopic (exact) mass is 256 g/mol. The Balaban J connectivity index is 2.47. The molecular formula is C10H19F3N2O2. The van der Waals surface area contributed by atoms with E-state index in [2.05, 4.69) is 0 Å². The van der Waals surface area contributed by atoms with Crippen LogP contribution in [0.25, 0.3) is 0 Å². The summed E-state index contributed by atoms with van der Waals surface area (Å²) in [7, 11) is 0. The van der Waals surface area contributed by atoms with Crippen LogP contribution in [-0.2, 0) is 4.74 Å². The second kappa shape index (κ2) is 6.53. The first-order valence-corrected chi connectivity index (χ1v) is 5.65. The Hall–Kier alpha value is -0.370. The van der Waals surface area contributed by atoms with Crippen LogP contribution in [0, 0.1) is 5.92 Å². The Morgan fingerprint density at radius 3 is 2.65 bits per heavy atom. The van der Waals surface area contributed by atoms with Crippen molar-refractivity contribution in [3.8, 4) is 0 Å². The SMILES string of the molecule is NC1CCOCC1CN(CCO)CC(F)(F)F. The number of alkyl halides is 3. The van der Waals surface area contributed by atoms with Gasteiger partial charge in [-0.05, 0) is 6.42 Å². The van der Waals surface area contributed by atoms with Gasteiger partial charge in [-0.25, -0.2) is 0 Å². The summed E-state index contributed by atoms with van der Waals surface area (Å²) in [5.74, 6) is -0.0994. The van der Waals surface area contributed by atoms with E-state index >= 15 is 0 Å². The Bertz CT molecular complexity index is 226. The summed E-state index contributed by atoms with van der Waals surface area (Å²) in [4.78, 5) is 1.18. The average Bonchev–Trinajstić information content (AvgIpc) is 2.19. The number of ether oxygens (including phenoxy) is 1. The zero-order valence-electron chi connectivity index (χ0n) is 9.62. The summed E-state index contributed by atoms with van der Waals surface area (Å²) in [6.07, 6.45) is -3.58. The molecule has 0 aliphatic carbocycles. The van der Waals surface area contributed by atoms with Crippen LogP contribution in [0.15, 0.2) is 0 Å². The lowest BCUT2D eigenvalue weighted by atomic mass is 9.96. The molecule has 1 aliphatic heterocycles. The quantitative estimate of drug-likeness (QED) is 0.738. The van der Waals surface area contributed by atoms with Gasteiger partial charge in [0.15, 0.2) is 0 Å². The topological polar surface area (TPSA) is 58.7 Å². The maximum absolute atomic E-state index is 12.3. The van der Waals surface area contributed by atoms with Gasteiger partial charge in [-0.3, -0.25) is 4.90 Å². The molecule has 3 N–H and O–H groups in total. The van der Waals surface area contributed by atoms with E-state index in [-0.39, 0.29) is 31.7 Å². The molecule has 0 aromatic carbocycles. The minimum atomic E-state index is -4.26. The predicted octanol–water partition coefficient (Wildman–Crippen LogP) is 0.207. The van der Waals surface area contributed by atoms with E-state index in [1.807, 2.05) is 0 Å². The van der Waals surface area contributed by atoms with Gasteiger partial charge >= 0.3 is 6.18 Å². The maximum atomic E-state index is 12.3. The lowest BCUT2D eigenvalue weighted by Gasteiger charge is -2.33. The molecule has 102 valence electrons. The van der Waals surface area contributed by atoms with Gasteiger partial charge in [-0.15, -0.1) is 0 Å². The molecular weight excluding hydrogens is 237 g/mol. The average molecular weight is 256 g/mol. The summed E-state index contributed by atoms with van der Waals surface area (Å²) in [5.41, 5.74) is 5.84. The van der Waals surface area contributed by atoms with E-state index in [0.29, 0.717) is 19.6 Å². The van der Waals surface area contributed by atoms with Crippen molar-refractivity contribution < 1.29 is 23.0 Å². The first kappa shape index (κ1) is 14.7. The summed E-state index contributed by atoms with van der Waals surface area (Å²) >= 11 is 0. The standard InChI is InChI=1S/C10H19F3N2O2/c11-10(12,13)7-15(2-3-16)5-8-6-17-4-1-9(8)14/h8-9,16H,1-7,14H2. The molecule has 2 unspecified atom stereocenters. The first-order valence-electron chi connectivity index (χ1n) is 5.65. The highest BCUT2D eigenvalue weighted by atomic mass is 19.4. The summed E-state index contributed by atoms with van der Waals surface area (Å²) < 4.78 is 42.1. The molecule has 0 saturated carbocycles. The molecule has 0 aromatic rings. The van der Waals surface area contributed by atoms with Crippen LogP contribution in [0.4, 0.5) is 13.2 Å². The van der Waals surface area contributed by atoms with Crippen molar-refractivity contribution >= 4 is 0 Å². The number of aliphatic hydroxyl groups excluding tert-OH is 1. The molecule has 0 aromatic heterocycles. The minimum absolute atomic E-state index is 0.00271. The van der Waals surface area contributed by atoms with Gasteiger partial charge in [-0.1, -0.05) is 0 Å². The molecule has 7 heteroatoms. The fourth-order valence-corrected chi connectivity index (χ4v) is 1.96. The number of nitrogens with zero attached hydrogens (tertiary/aromatic N) is 1. The Kier molecular flexibility index (Phi) is 5.64. The molecule has 17 heavy (non-hydrogen) atoms. The Morgan fingerprint density at radius 1 is 1.41 bits per heavy atom. The molecule has 1 aliphatic rings. The maximum Gasteiger partial charge on any atom is 0.401 e. The van der Waals surface area contributed by atoms with E-state index in [9.17, 15) is 13.2 Å². The highest BCUT2D eigenvalue weighted by Gasteiger charge is 2.33. The number of hydrogen-bond acceptors (Lipinski definition) is 4.